The minimum absolute atomic E-state index is 0.398. The van der Waals surface area contributed by atoms with E-state index in [9.17, 15) is 36.2 Å². The maximum Gasteiger partial charge on any atom is 0.438 e. The van der Waals surface area contributed by atoms with Gasteiger partial charge in [-0.15, -0.1) is 0 Å². The first kappa shape index (κ1) is 16.2. The molecule has 0 unspecified atom stereocenters. The molecule has 0 radical (unpaired) electrons. The van der Waals surface area contributed by atoms with Gasteiger partial charge in [0.1, 0.15) is 5.71 Å². The molecule has 2 heterocycles. The number of hydrogen-bond donors (Lipinski definition) is 1. The van der Waals surface area contributed by atoms with E-state index in [-0.39, 0.29) is 0 Å². The number of pyridine rings is 1. The average molecular weight is 327 g/mol. The fraction of sp³-hybridized carbons (Fsp3) is 0.364. The molecule has 0 spiro atoms. The van der Waals surface area contributed by atoms with E-state index in [0.29, 0.717) is 0 Å². The molecule has 11 heteroatoms. The van der Waals surface area contributed by atoms with Crippen LogP contribution in [0.1, 0.15) is 16.8 Å². The predicted molar refractivity (Wildman–Crippen MR) is 59.5 cm³/mol. The Morgan fingerprint density at radius 1 is 1.18 bits per heavy atom. The van der Waals surface area contributed by atoms with Crippen LogP contribution in [0.15, 0.2) is 29.6 Å². The van der Waals surface area contributed by atoms with E-state index in [2.05, 4.69) is 10.1 Å². The van der Waals surface area contributed by atoms with Crippen LogP contribution < -0.4 is 0 Å². The molecule has 1 aromatic heterocycles. The molecule has 1 amide bonds. The molecule has 2 rings (SSSR count). The van der Waals surface area contributed by atoms with E-state index in [4.69, 9.17) is 0 Å². The number of rotatable bonds is 1. The van der Waals surface area contributed by atoms with E-state index >= 15 is 0 Å². The fourth-order valence-electron chi connectivity index (χ4n) is 1.75. The summed E-state index contributed by atoms with van der Waals surface area (Å²) in [5.41, 5.74) is -6.35. The van der Waals surface area contributed by atoms with Crippen molar-refractivity contribution in [3.63, 3.8) is 0 Å². The summed E-state index contributed by atoms with van der Waals surface area (Å²) in [5.74, 6) is -1.53. The van der Waals surface area contributed by atoms with Crippen LogP contribution in [-0.4, -0.2) is 44.8 Å². The number of hydrazone groups is 1. The molecule has 1 aliphatic heterocycles. The highest BCUT2D eigenvalue weighted by Crippen LogP contribution is 2.43. The molecule has 120 valence electrons. The third-order valence-electron chi connectivity index (χ3n) is 2.89. The van der Waals surface area contributed by atoms with Gasteiger partial charge in [0.05, 0.1) is 6.42 Å². The van der Waals surface area contributed by atoms with Crippen LogP contribution >= 0.6 is 0 Å². The van der Waals surface area contributed by atoms with Gasteiger partial charge in [-0.25, -0.2) is 0 Å². The summed E-state index contributed by atoms with van der Waals surface area (Å²) in [6.07, 6.45) is -10.5. The Hall–Kier alpha value is -2.17. The van der Waals surface area contributed by atoms with Gasteiger partial charge in [-0.3, -0.25) is 9.78 Å². The van der Waals surface area contributed by atoms with Gasteiger partial charge in [0, 0.05) is 18.0 Å². The first-order valence-electron chi connectivity index (χ1n) is 5.65. The Balaban J connectivity index is 2.48. The molecular weight excluding hydrogens is 320 g/mol. The van der Waals surface area contributed by atoms with Gasteiger partial charge in [0.2, 0.25) is 0 Å². The van der Waals surface area contributed by atoms with Crippen molar-refractivity contribution >= 4 is 11.6 Å². The second-order valence-corrected chi connectivity index (χ2v) is 4.39. The van der Waals surface area contributed by atoms with Crippen LogP contribution in [0.4, 0.5) is 26.3 Å². The zero-order chi connectivity index (χ0) is 16.8. The van der Waals surface area contributed by atoms with Crippen molar-refractivity contribution in [2.45, 2.75) is 24.5 Å². The molecular formula is C11H7F6N3O2. The highest BCUT2D eigenvalue weighted by Gasteiger charge is 2.66. The SMILES string of the molecule is O=C(c1ccncc1)N1N=C(C(F)(F)F)C[C@]1(O)C(F)(F)F. The van der Waals surface area contributed by atoms with Gasteiger partial charge in [-0.05, 0) is 12.1 Å². The van der Waals surface area contributed by atoms with Gasteiger partial charge in [-0.1, -0.05) is 0 Å². The van der Waals surface area contributed by atoms with Crippen molar-refractivity contribution in [3.05, 3.63) is 30.1 Å². The largest absolute Gasteiger partial charge is 0.438 e. The molecule has 1 atom stereocenters. The van der Waals surface area contributed by atoms with Crippen LogP contribution in [0.25, 0.3) is 0 Å². The first-order chi connectivity index (χ1) is 9.97. The lowest BCUT2D eigenvalue weighted by atomic mass is 10.1. The van der Waals surface area contributed by atoms with E-state index in [1.54, 1.807) is 0 Å². The summed E-state index contributed by atoms with van der Waals surface area (Å²) in [4.78, 5) is 15.5. The van der Waals surface area contributed by atoms with E-state index in [0.717, 1.165) is 24.5 Å². The number of aliphatic hydroxyl groups is 1. The molecule has 0 aliphatic carbocycles. The van der Waals surface area contributed by atoms with E-state index in [1.165, 1.54) is 0 Å². The molecule has 0 aromatic carbocycles. The summed E-state index contributed by atoms with van der Waals surface area (Å²) in [6, 6.07) is 1.97. The Kier molecular flexibility index (Phi) is 3.63. The highest BCUT2D eigenvalue weighted by molar-refractivity contribution is 5.99. The molecule has 0 bridgehead atoms. The zero-order valence-electron chi connectivity index (χ0n) is 10.5. The second kappa shape index (κ2) is 4.93. The Morgan fingerprint density at radius 3 is 2.18 bits per heavy atom. The van der Waals surface area contributed by atoms with E-state index in [1.807, 2.05) is 0 Å². The number of nitrogens with zero attached hydrogens (tertiary/aromatic N) is 3. The number of alkyl halides is 6. The molecule has 0 fully saturated rings. The molecule has 0 saturated heterocycles. The predicted octanol–water partition coefficient (Wildman–Crippen LogP) is 2.10. The van der Waals surface area contributed by atoms with Crippen molar-refractivity contribution in [1.29, 1.82) is 0 Å². The summed E-state index contributed by atoms with van der Waals surface area (Å²) in [6.45, 7) is 0. The molecule has 1 aliphatic rings. The summed E-state index contributed by atoms with van der Waals surface area (Å²) < 4.78 is 76.5. The Morgan fingerprint density at radius 2 is 1.73 bits per heavy atom. The number of hydrogen-bond acceptors (Lipinski definition) is 4. The third-order valence-corrected chi connectivity index (χ3v) is 2.89. The van der Waals surface area contributed by atoms with Gasteiger partial charge in [0.15, 0.2) is 0 Å². The number of halogens is 6. The van der Waals surface area contributed by atoms with Crippen molar-refractivity contribution in [1.82, 2.24) is 9.99 Å². The standard InChI is InChI=1S/C11H7F6N3O2/c12-10(13,14)7-5-9(22,11(15,16)17)20(19-7)8(21)6-1-3-18-4-2-6/h1-4,22H,5H2/t9-/m0/s1. The first-order valence-corrected chi connectivity index (χ1v) is 5.65. The Labute approximate surface area is 118 Å². The number of carbonyl (C=O) groups excluding carboxylic acids is 1. The normalized spacial score (nSPS) is 22.7. The molecule has 1 aromatic rings. The summed E-state index contributed by atoms with van der Waals surface area (Å²) >= 11 is 0. The molecule has 1 N–H and O–H groups in total. The molecule has 22 heavy (non-hydrogen) atoms. The number of aromatic nitrogens is 1. The number of amides is 1. The van der Waals surface area contributed by atoms with Crippen molar-refractivity contribution in [3.8, 4) is 0 Å². The van der Waals surface area contributed by atoms with Crippen LogP contribution in [0, 0.1) is 0 Å². The molecule has 0 saturated carbocycles. The van der Waals surface area contributed by atoms with Crippen molar-refractivity contribution < 1.29 is 36.2 Å². The lowest BCUT2D eigenvalue weighted by Gasteiger charge is -2.32. The summed E-state index contributed by atoms with van der Waals surface area (Å²) in [7, 11) is 0. The molecule has 5 nitrogen and oxygen atoms in total. The minimum atomic E-state index is -5.52. The van der Waals surface area contributed by atoms with Crippen LogP contribution in [0.3, 0.4) is 0 Å². The zero-order valence-corrected chi connectivity index (χ0v) is 10.5. The lowest BCUT2D eigenvalue weighted by Crippen LogP contribution is -2.56. The van der Waals surface area contributed by atoms with Gasteiger partial charge in [-0.2, -0.15) is 36.5 Å². The van der Waals surface area contributed by atoms with Crippen molar-refractivity contribution in [2.75, 3.05) is 0 Å². The summed E-state index contributed by atoms with van der Waals surface area (Å²) in [5, 5.41) is 11.7. The van der Waals surface area contributed by atoms with Gasteiger partial charge < -0.3 is 5.11 Å². The second-order valence-electron chi connectivity index (χ2n) is 4.39. The topological polar surface area (TPSA) is 65.8 Å². The maximum atomic E-state index is 12.9. The third kappa shape index (κ3) is 2.63. The Bertz CT molecular complexity index is 612. The van der Waals surface area contributed by atoms with Crippen LogP contribution in [-0.2, 0) is 0 Å². The smallest absolute Gasteiger partial charge is 0.362 e. The van der Waals surface area contributed by atoms with Crippen LogP contribution in [0.5, 0.6) is 0 Å². The van der Waals surface area contributed by atoms with Gasteiger partial charge >= 0.3 is 12.4 Å². The minimum Gasteiger partial charge on any atom is -0.362 e. The van der Waals surface area contributed by atoms with E-state index < -0.39 is 46.7 Å². The fourth-order valence-corrected chi connectivity index (χ4v) is 1.75. The lowest BCUT2D eigenvalue weighted by molar-refractivity contribution is -0.297. The maximum absolute atomic E-state index is 12.9. The van der Waals surface area contributed by atoms with Gasteiger partial charge in [0.25, 0.3) is 11.6 Å². The highest BCUT2D eigenvalue weighted by atomic mass is 19.4. The van der Waals surface area contributed by atoms with Crippen LogP contribution in [0.2, 0.25) is 0 Å². The monoisotopic (exact) mass is 327 g/mol. The van der Waals surface area contributed by atoms with Crippen molar-refractivity contribution in [2.24, 2.45) is 5.10 Å². The average Bonchev–Trinajstić information content (AvgIpc) is 2.78. The number of carbonyl (C=O) groups is 1. The quantitative estimate of drug-likeness (QED) is 0.804.